The lowest BCUT2D eigenvalue weighted by atomic mass is 10.2. The van der Waals surface area contributed by atoms with Gasteiger partial charge in [0.2, 0.25) is 11.8 Å². The Morgan fingerprint density at radius 3 is 2.49 bits per heavy atom. The Bertz CT molecular complexity index is 1210. The molecule has 1 amide bonds. The minimum atomic E-state index is -4.44. The first kappa shape index (κ1) is 24.9. The number of rotatable bonds is 7. The zero-order valence-corrected chi connectivity index (χ0v) is 19.4. The summed E-state index contributed by atoms with van der Waals surface area (Å²) in [7, 11) is -0.218. The number of carbonyl (C=O) groups is 1. The fourth-order valence-electron chi connectivity index (χ4n) is 3.81. The fourth-order valence-corrected chi connectivity index (χ4v) is 5.18. The predicted molar refractivity (Wildman–Crippen MR) is 120 cm³/mol. The van der Waals surface area contributed by atoms with E-state index < -0.39 is 34.6 Å². The summed E-state index contributed by atoms with van der Waals surface area (Å²) in [5.74, 6) is -0.557. The molecule has 2 unspecified atom stereocenters. The van der Waals surface area contributed by atoms with E-state index in [-0.39, 0.29) is 18.3 Å². The van der Waals surface area contributed by atoms with Gasteiger partial charge in [-0.15, -0.1) is 5.10 Å². The Labute approximate surface area is 201 Å². The van der Waals surface area contributed by atoms with Crippen LogP contribution in [0.3, 0.4) is 0 Å². The molecule has 12 heteroatoms. The van der Waals surface area contributed by atoms with E-state index in [0.29, 0.717) is 35.5 Å². The number of halogens is 4. The number of hydrogen-bond donors (Lipinski definition) is 1. The van der Waals surface area contributed by atoms with Crippen molar-refractivity contribution in [3.63, 3.8) is 0 Å². The molecule has 2 heterocycles. The van der Waals surface area contributed by atoms with Gasteiger partial charge in [0.25, 0.3) is 0 Å². The van der Waals surface area contributed by atoms with Crippen LogP contribution in [-0.4, -0.2) is 43.9 Å². The van der Waals surface area contributed by atoms with Crippen LogP contribution in [0.15, 0.2) is 59.6 Å². The van der Waals surface area contributed by atoms with Gasteiger partial charge in [0.05, 0.1) is 28.8 Å². The van der Waals surface area contributed by atoms with Gasteiger partial charge in [-0.1, -0.05) is 0 Å². The van der Waals surface area contributed by atoms with Gasteiger partial charge >= 0.3 is 6.18 Å². The van der Waals surface area contributed by atoms with E-state index in [0.717, 1.165) is 12.1 Å². The van der Waals surface area contributed by atoms with Gasteiger partial charge < -0.3 is 10.1 Å². The maximum absolute atomic E-state index is 13.2. The van der Waals surface area contributed by atoms with Crippen molar-refractivity contribution >= 4 is 16.9 Å². The fraction of sp³-hybridized carbons (Fsp3) is 0.304. The number of hydrogen-bond acceptors (Lipinski definition) is 4. The van der Waals surface area contributed by atoms with Crippen molar-refractivity contribution in [1.82, 2.24) is 19.4 Å². The van der Waals surface area contributed by atoms with Crippen molar-refractivity contribution in [3.05, 3.63) is 71.7 Å². The van der Waals surface area contributed by atoms with Crippen LogP contribution >= 0.6 is 0 Å². The summed E-state index contributed by atoms with van der Waals surface area (Å²) in [5.41, 5.74) is 0.141. The van der Waals surface area contributed by atoms with Crippen molar-refractivity contribution < 1.29 is 31.3 Å². The molecule has 3 aromatic rings. The second-order valence-corrected chi connectivity index (χ2v) is 9.31. The number of carbonyl (C=O) groups excluding carboxylic acids is 1. The molecule has 0 bridgehead atoms. The van der Waals surface area contributed by atoms with Crippen LogP contribution in [0.25, 0.3) is 5.69 Å². The first-order valence-corrected chi connectivity index (χ1v) is 11.8. The smallest absolute Gasteiger partial charge is 0.416 e. The second kappa shape index (κ2) is 10.2. The Morgan fingerprint density at radius 1 is 1.17 bits per heavy atom. The Morgan fingerprint density at radius 2 is 1.86 bits per heavy atom. The molecule has 1 fully saturated rings. The van der Waals surface area contributed by atoms with E-state index in [1.165, 1.54) is 48.2 Å². The topological polar surface area (TPSA) is 76.5 Å². The van der Waals surface area contributed by atoms with Crippen LogP contribution in [0.1, 0.15) is 24.0 Å². The lowest BCUT2D eigenvalue weighted by molar-refractivity contribution is -0.137. The molecule has 7 nitrogen and oxygen atoms in total. The molecule has 1 aliphatic rings. The van der Waals surface area contributed by atoms with Gasteiger partial charge in [-0.25, -0.2) is 17.6 Å². The largest absolute Gasteiger partial charge is 0.480 e. The number of nitrogens with one attached hydrogen (secondary N) is 1. The molecule has 2 atom stereocenters. The Kier molecular flexibility index (Phi) is 7.22. The van der Waals surface area contributed by atoms with Crippen molar-refractivity contribution in [3.8, 4) is 11.6 Å². The van der Waals surface area contributed by atoms with E-state index in [1.807, 2.05) is 0 Å². The average Bonchev–Trinajstić information content (AvgIpc) is 3.49. The van der Waals surface area contributed by atoms with Crippen LogP contribution in [0.5, 0.6) is 5.88 Å². The minimum Gasteiger partial charge on any atom is -0.480 e. The van der Waals surface area contributed by atoms with Crippen molar-refractivity contribution in [2.24, 2.45) is 0 Å². The molecule has 0 aliphatic carbocycles. The molecule has 4 rings (SSSR count). The summed E-state index contributed by atoms with van der Waals surface area (Å²) < 4.78 is 72.8. The number of benzene rings is 2. The Hall–Kier alpha value is -3.25. The van der Waals surface area contributed by atoms with Gasteiger partial charge in [0.15, 0.2) is 0 Å². The number of alkyl halides is 3. The third-order valence-electron chi connectivity index (χ3n) is 5.59. The zero-order valence-electron chi connectivity index (χ0n) is 18.6. The highest BCUT2D eigenvalue weighted by molar-refractivity contribution is 7.82. The molecular weight excluding hydrogens is 488 g/mol. The van der Waals surface area contributed by atoms with Gasteiger partial charge in [0, 0.05) is 19.3 Å². The van der Waals surface area contributed by atoms with Crippen molar-refractivity contribution in [2.45, 2.75) is 36.5 Å². The highest BCUT2D eigenvalue weighted by Crippen LogP contribution is 2.30. The summed E-state index contributed by atoms with van der Waals surface area (Å²) in [4.78, 5) is 13.3. The van der Waals surface area contributed by atoms with Crippen LogP contribution in [0.2, 0.25) is 0 Å². The zero-order chi connectivity index (χ0) is 25.2. The van der Waals surface area contributed by atoms with Gasteiger partial charge in [0.1, 0.15) is 22.8 Å². The molecule has 0 saturated carbocycles. The first-order chi connectivity index (χ1) is 16.7. The summed E-state index contributed by atoms with van der Waals surface area (Å²) >= 11 is 0. The molecule has 186 valence electrons. The molecule has 1 aliphatic heterocycles. The summed E-state index contributed by atoms with van der Waals surface area (Å²) in [6.07, 6.45) is -1.68. The average molecular weight is 511 g/mol. The van der Waals surface area contributed by atoms with Gasteiger partial charge in [-0.3, -0.25) is 4.79 Å². The normalized spacial score (nSPS) is 17.3. The monoisotopic (exact) mass is 510 g/mol. The Balaban J connectivity index is 1.44. The number of ether oxygens (including phenoxy) is 1. The molecule has 35 heavy (non-hydrogen) atoms. The van der Waals surface area contributed by atoms with Crippen molar-refractivity contribution in [2.75, 3.05) is 13.7 Å². The molecule has 2 aromatic carbocycles. The number of methoxy groups -OCH3 is 1. The first-order valence-electron chi connectivity index (χ1n) is 10.7. The summed E-state index contributed by atoms with van der Waals surface area (Å²) in [5, 5.41) is 7.03. The molecule has 1 saturated heterocycles. The van der Waals surface area contributed by atoms with Gasteiger partial charge in [-0.05, 0) is 61.4 Å². The van der Waals surface area contributed by atoms with Crippen LogP contribution in [0, 0.1) is 5.82 Å². The standard InChI is InChI=1S/C23H22F4N4O3S/c1-34-22-15(14-30(29-22)18-8-4-16(5-9-18)23(25,26)27)13-28-21(32)20-3-2-12-31(20)35(33)19-10-6-17(24)7-11-19/h4-11,14,20H,2-3,12-13H2,1H3,(H,28,32). The third kappa shape index (κ3) is 5.54. The van der Waals surface area contributed by atoms with Crippen LogP contribution in [-0.2, 0) is 28.5 Å². The van der Waals surface area contributed by atoms with Crippen LogP contribution < -0.4 is 10.1 Å². The van der Waals surface area contributed by atoms with Crippen LogP contribution in [0.4, 0.5) is 17.6 Å². The van der Waals surface area contributed by atoms with E-state index in [1.54, 1.807) is 10.5 Å². The predicted octanol–water partition coefficient (Wildman–Crippen LogP) is 3.84. The number of amides is 1. The molecule has 1 aromatic heterocycles. The summed E-state index contributed by atoms with van der Waals surface area (Å²) in [6, 6.07) is 9.17. The van der Waals surface area contributed by atoms with E-state index in [2.05, 4.69) is 10.4 Å². The van der Waals surface area contributed by atoms with Crippen molar-refractivity contribution in [1.29, 1.82) is 0 Å². The van der Waals surface area contributed by atoms with Gasteiger partial charge in [-0.2, -0.15) is 13.2 Å². The molecule has 0 spiro atoms. The molecular formula is C23H22F4N4O3S. The molecule has 0 radical (unpaired) electrons. The SMILES string of the molecule is COc1nn(-c2ccc(C(F)(F)F)cc2)cc1CNC(=O)C1CCCN1S(=O)c1ccc(F)cc1. The maximum Gasteiger partial charge on any atom is 0.416 e. The summed E-state index contributed by atoms with van der Waals surface area (Å²) in [6.45, 7) is 0.507. The van der Waals surface area contributed by atoms with E-state index in [4.69, 9.17) is 4.74 Å². The maximum atomic E-state index is 13.2. The van der Waals surface area contributed by atoms with E-state index in [9.17, 15) is 26.6 Å². The lowest BCUT2D eigenvalue weighted by Gasteiger charge is -2.22. The second-order valence-electron chi connectivity index (χ2n) is 7.87. The third-order valence-corrected chi connectivity index (χ3v) is 7.13. The molecule has 1 N–H and O–H groups in total. The number of nitrogens with zero attached hydrogens (tertiary/aromatic N) is 3. The van der Waals surface area contributed by atoms with E-state index >= 15 is 0 Å². The quantitative estimate of drug-likeness (QED) is 0.490. The number of aromatic nitrogens is 2. The highest BCUT2D eigenvalue weighted by Gasteiger charge is 2.35. The lowest BCUT2D eigenvalue weighted by Crippen LogP contribution is -2.43. The highest BCUT2D eigenvalue weighted by atomic mass is 32.2. The minimum absolute atomic E-state index is 0.0518.